The van der Waals surface area contributed by atoms with Gasteiger partial charge < -0.3 is 4.90 Å². The van der Waals surface area contributed by atoms with E-state index >= 15 is 0 Å². The highest BCUT2D eigenvalue weighted by atomic mass is 35.5. The summed E-state index contributed by atoms with van der Waals surface area (Å²) in [7, 11) is -3.21. The van der Waals surface area contributed by atoms with E-state index in [4.69, 9.17) is 21.6 Å². The molecule has 0 bridgehead atoms. The van der Waals surface area contributed by atoms with E-state index in [9.17, 15) is 8.42 Å². The van der Waals surface area contributed by atoms with Crippen molar-refractivity contribution < 1.29 is 8.42 Å². The highest BCUT2D eigenvalue weighted by Crippen LogP contribution is 2.28. The highest BCUT2D eigenvalue weighted by molar-refractivity contribution is 7.89. The summed E-state index contributed by atoms with van der Waals surface area (Å²) in [6.45, 7) is 8.48. The van der Waals surface area contributed by atoms with Crippen molar-refractivity contribution in [3.05, 3.63) is 41.3 Å². The van der Waals surface area contributed by atoms with Crippen LogP contribution in [0, 0.1) is 5.92 Å². The van der Waals surface area contributed by atoms with Gasteiger partial charge in [-0.1, -0.05) is 44.9 Å². The van der Waals surface area contributed by atoms with E-state index < -0.39 is 10.0 Å². The van der Waals surface area contributed by atoms with Crippen molar-refractivity contribution in [2.24, 2.45) is 5.92 Å². The van der Waals surface area contributed by atoms with Gasteiger partial charge in [-0.25, -0.2) is 23.1 Å². The normalized spacial score (nSPS) is 15.5. The minimum atomic E-state index is -3.21. The molecule has 3 aromatic rings. The molecule has 2 aromatic heterocycles. The molecule has 184 valence electrons. The van der Waals surface area contributed by atoms with Crippen LogP contribution in [0.4, 0.5) is 5.82 Å². The van der Waals surface area contributed by atoms with E-state index in [1.807, 2.05) is 31.2 Å². The Morgan fingerprint density at radius 3 is 2.56 bits per heavy atom. The van der Waals surface area contributed by atoms with Gasteiger partial charge >= 0.3 is 0 Å². The van der Waals surface area contributed by atoms with Crippen molar-refractivity contribution >= 4 is 38.5 Å². The molecule has 0 atom stereocenters. The zero-order valence-electron chi connectivity index (χ0n) is 20.1. The summed E-state index contributed by atoms with van der Waals surface area (Å²) in [4.78, 5) is 12.0. The smallest absolute Gasteiger partial charge is 0.214 e. The van der Waals surface area contributed by atoms with Crippen LogP contribution in [-0.4, -0.2) is 64.4 Å². The van der Waals surface area contributed by atoms with Gasteiger partial charge in [-0.3, -0.25) is 0 Å². The van der Waals surface area contributed by atoms with Gasteiger partial charge in [0.2, 0.25) is 10.0 Å². The molecule has 3 heterocycles. The topological polar surface area (TPSA) is 84.2 Å². The Hall–Kier alpha value is -2.23. The van der Waals surface area contributed by atoms with Crippen molar-refractivity contribution in [3.63, 3.8) is 0 Å². The summed E-state index contributed by atoms with van der Waals surface area (Å²) in [5, 5.41) is 6.10. The lowest BCUT2D eigenvalue weighted by Crippen LogP contribution is -2.49. The molecular formula is C24H33ClN6O2S. The third-order valence-corrected chi connectivity index (χ3v) is 8.33. The fourth-order valence-electron chi connectivity index (χ4n) is 4.14. The Kier molecular flexibility index (Phi) is 7.74. The van der Waals surface area contributed by atoms with E-state index in [2.05, 4.69) is 23.8 Å². The third-order valence-electron chi connectivity index (χ3n) is 6.14. The van der Waals surface area contributed by atoms with Crippen LogP contribution in [0.5, 0.6) is 0 Å². The summed E-state index contributed by atoms with van der Waals surface area (Å²) >= 11 is 6.23. The van der Waals surface area contributed by atoms with Gasteiger partial charge in [0.05, 0.1) is 23.0 Å². The number of unbranched alkanes of at least 4 members (excludes halogenated alkanes) is 1. The molecule has 1 aliphatic rings. The van der Waals surface area contributed by atoms with Crippen molar-refractivity contribution in [1.82, 2.24) is 24.1 Å². The van der Waals surface area contributed by atoms with Gasteiger partial charge in [-0.15, -0.1) is 0 Å². The Balaban J connectivity index is 1.67. The van der Waals surface area contributed by atoms with Crippen LogP contribution in [0.2, 0.25) is 5.02 Å². The number of aryl methyl sites for hydroxylation is 1. The van der Waals surface area contributed by atoms with Crippen molar-refractivity contribution in [2.75, 3.05) is 36.8 Å². The van der Waals surface area contributed by atoms with Gasteiger partial charge in [0.25, 0.3) is 0 Å². The molecule has 1 aliphatic heterocycles. The number of hydrogen-bond donors (Lipinski definition) is 0. The van der Waals surface area contributed by atoms with Crippen LogP contribution in [-0.2, 0) is 16.4 Å². The standard InChI is InChI=1S/C24H33ClN6O2S/c1-4-5-15-34(32,33)30-13-11-29(12-14-30)23-21-17-26-31(20-8-6-7-19(25)16-20)24(21)28-22(27-23)10-9-18(2)3/h6-8,16-18H,4-5,9-15H2,1-3H3. The number of anilines is 1. The van der Waals surface area contributed by atoms with Crippen molar-refractivity contribution in [1.29, 1.82) is 0 Å². The maximum absolute atomic E-state index is 12.6. The van der Waals surface area contributed by atoms with E-state index in [1.54, 1.807) is 15.2 Å². The van der Waals surface area contributed by atoms with E-state index in [1.165, 1.54) is 0 Å². The average Bonchev–Trinajstić information content (AvgIpc) is 3.25. The van der Waals surface area contributed by atoms with Gasteiger partial charge in [0, 0.05) is 37.6 Å². The molecule has 10 heteroatoms. The Labute approximate surface area is 207 Å². The van der Waals surface area contributed by atoms with Crippen LogP contribution >= 0.6 is 11.6 Å². The van der Waals surface area contributed by atoms with Crippen LogP contribution in [0.25, 0.3) is 16.7 Å². The zero-order chi connectivity index (χ0) is 24.3. The summed E-state index contributed by atoms with van der Waals surface area (Å²) in [5.41, 5.74) is 1.58. The number of halogens is 1. The Bertz CT molecular complexity index is 1240. The van der Waals surface area contributed by atoms with Crippen LogP contribution in [0.15, 0.2) is 30.5 Å². The second kappa shape index (κ2) is 10.6. The molecule has 34 heavy (non-hydrogen) atoms. The fraction of sp³-hybridized carbons (Fsp3) is 0.542. The van der Waals surface area contributed by atoms with Crippen LogP contribution in [0.3, 0.4) is 0 Å². The van der Waals surface area contributed by atoms with Gasteiger partial charge in [0.15, 0.2) is 5.65 Å². The third kappa shape index (κ3) is 5.53. The number of piperazine rings is 1. The Morgan fingerprint density at radius 1 is 1.12 bits per heavy atom. The monoisotopic (exact) mass is 504 g/mol. The molecule has 0 N–H and O–H groups in total. The number of sulfonamides is 1. The van der Waals surface area contributed by atoms with Gasteiger partial charge in [0.1, 0.15) is 11.6 Å². The number of nitrogens with zero attached hydrogens (tertiary/aromatic N) is 6. The minimum absolute atomic E-state index is 0.215. The minimum Gasteiger partial charge on any atom is -0.353 e. The Morgan fingerprint density at radius 2 is 1.88 bits per heavy atom. The van der Waals surface area contributed by atoms with Crippen LogP contribution < -0.4 is 4.90 Å². The van der Waals surface area contributed by atoms with Gasteiger partial charge in [-0.2, -0.15) is 9.40 Å². The second-order valence-corrected chi connectivity index (χ2v) is 11.8. The molecular weight excluding hydrogens is 472 g/mol. The number of aromatic nitrogens is 4. The summed E-state index contributed by atoms with van der Waals surface area (Å²) in [6.07, 6.45) is 5.11. The summed E-state index contributed by atoms with van der Waals surface area (Å²) < 4.78 is 28.7. The zero-order valence-corrected chi connectivity index (χ0v) is 21.7. The molecule has 0 spiro atoms. The molecule has 1 aromatic carbocycles. The fourth-order valence-corrected chi connectivity index (χ4v) is 5.95. The highest BCUT2D eigenvalue weighted by Gasteiger charge is 2.28. The van der Waals surface area contributed by atoms with Crippen molar-refractivity contribution in [2.45, 2.75) is 46.5 Å². The molecule has 0 radical (unpaired) electrons. The predicted octanol–water partition coefficient (Wildman–Crippen LogP) is 4.31. The number of rotatable bonds is 9. The molecule has 0 amide bonds. The first-order valence-corrected chi connectivity index (χ1v) is 14.0. The van der Waals surface area contributed by atoms with E-state index in [0.29, 0.717) is 43.5 Å². The first-order valence-electron chi connectivity index (χ1n) is 12.0. The summed E-state index contributed by atoms with van der Waals surface area (Å²) in [5.74, 6) is 2.35. The van der Waals surface area contributed by atoms with Gasteiger partial charge in [-0.05, 0) is 37.0 Å². The molecule has 0 saturated carbocycles. The summed E-state index contributed by atoms with van der Waals surface area (Å²) in [6, 6.07) is 7.54. The quantitative estimate of drug-likeness (QED) is 0.431. The largest absolute Gasteiger partial charge is 0.353 e. The molecule has 0 aliphatic carbocycles. The van der Waals surface area contributed by atoms with E-state index in [0.717, 1.165) is 47.6 Å². The molecule has 1 fully saturated rings. The average molecular weight is 505 g/mol. The second-order valence-electron chi connectivity index (χ2n) is 9.23. The number of benzene rings is 1. The molecule has 0 unspecified atom stereocenters. The lowest BCUT2D eigenvalue weighted by atomic mass is 10.1. The number of fused-ring (bicyclic) bond motifs is 1. The lowest BCUT2D eigenvalue weighted by molar-refractivity contribution is 0.383. The molecule has 8 nitrogen and oxygen atoms in total. The van der Waals surface area contributed by atoms with E-state index in [-0.39, 0.29) is 5.75 Å². The SMILES string of the molecule is CCCCS(=O)(=O)N1CCN(c2nc(CCC(C)C)nc3c2cnn3-c2cccc(Cl)c2)CC1. The maximum Gasteiger partial charge on any atom is 0.214 e. The maximum atomic E-state index is 12.6. The van der Waals surface area contributed by atoms with Crippen LogP contribution in [0.1, 0.15) is 45.9 Å². The lowest BCUT2D eigenvalue weighted by Gasteiger charge is -2.35. The predicted molar refractivity (Wildman–Crippen MR) is 137 cm³/mol. The first-order chi connectivity index (χ1) is 16.3. The number of hydrogen-bond acceptors (Lipinski definition) is 6. The first kappa shape index (κ1) is 24.9. The molecule has 4 rings (SSSR count). The molecule has 1 saturated heterocycles. The van der Waals surface area contributed by atoms with Crippen molar-refractivity contribution in [3.8, 4) is 5.69 Å².